The smallest absolute Gasteiger partial charge is 0.336 e. The largest absolute Gasteiger partial charge is 0.478 e. The van der Waals surface area contributed by atoms with Crippen LogP contribution < -0.4 is 10.6 Å². The second-order valence-corrected chi connectivity index (χ2v) is 9.02. The minimum absolute atomic E-state index is 0.0572. The van der Waals surface area contributed by atoms with Crippen molar-refractivity contribution in [1.29, 1.82) is 0 Å². The quantitative estimate of drug-likeness (QED) is 0.292. The van der Waals surface area contributed by atoms with Gasteiger partial charge in [0.25, 0.3) is 5.91 Å². The van der Waals surface area contributed by atoms with Gasteiger partial charge in [-0.25, -0.2) is 4.79 Å². The van der Waals surface area contributed by atoms with E-state index in [9.17, 15) is 19.5 Å². The fourth-order valence-electron chi connectivity index (χ4n) is 3.51. The minimum atomic E-state index is -1.16. The molecule has 0 heterocycles. The first-order valence-electron chi connectivity index (χ1n) is 10.6. The van der Waals surface area contributed by atoms with E-state index >= 15 is 0 Å². The van der Waals surface area contributed by atoms with E-state index in [2.05, 4.69) is 10.6 Å². The molecule has 3 N–H and O–H groups in total. The van der Waals surface area contributed by atoms with E-state index in [1.54, 1.807) is 24.3 Å². The summed E-state index contributed by atoms with van der Waals surface area (Å²) in [5.41, 5.74) is 1.34. The molecule has 1 atom stereocenters. The molecule has 1 unspecified atom stereocenters. The number of nitrogens with one attached hydrogen (secondary N) is 2. The van der Waals surface area contributed by atoms with Crippen molar-refractivity contribution in [2.24, 2.45) is 0 Å². The standard InChI is InChI=1S/C27H22N2O4S/c1-17(25(30)29-24-12-6-8-18-7-2-3-9-21(18)24)34-20-15-13-19(14-16-20)28-26(31)22-10-4-5-11-23(22)27(32)33/h2-17H,1H3,(H,28,31)(H,29,30)(H,32,33). The molecule has 0 radical (unpaired) electrons. The molecule has 6 nitrogen and oxygen atoms in total. The summed E-state index contributed by atoms with van der Waals surface area (Å²) in [7, 11) is 0. The Bertz CT molecular complexity index is 1360. The van der Waals surface area contributed by atoms with Gasteiger partial charge >= 0.3 is 5.97 Å². The van der Waals surface area contributed by atoms with Crippen LogP contribution in [0.25, 0.3) is 10.8 Å². The number of carboxylic acids is 1. The van der Waals surface area contributed by atoms with E-state index in [0.29, 0.717) is 5.69 Å². The van der Waals surface area contributed by atoms with E-state index in [1.807, 2.05) is 61.5 Å². The average molecular weight is 471 g/mol. The predicted molar refractivity (Wildman–Crippen MR) is 136 cm³/mol. The SMILES string of the molecule is CC(Sc1ccc(NC(=O)c2ccccc2C(=O)O)cc1)C(=O)Nc1cccc2ccccc12. The summed E-state index contributed by atoms with van der Waals surface area (Å²) in [5, 5.41) is 16.7. The molecular weight excluding hydrogens is 448 g/mol. The highest BCUT2D eigenvalue weighted by atomic mass is 32.2. The number of carboxylic acid groups (broad SMARTS) is 1. The Morgan fingerprint density at radius 2 is 1.41 bits per heavy atom. The van der Waals surface area contributed by atoms with Crippen molar-refractivity contribution in [2.45, 2.75) is 17.1 Å². The summed E-state index contributed by atoms with van der Waals surface area (Å²) in [4.78, 5) is 37.5. The van der Waals surface area contributed by atoms with Crippen molar-refractivity contribution in [1.82, 2.24) is 0 Å². The molecule has 7 heteroatoms. The van der Waals surface area contributed by atoms with Crippen LogP contribution in [0, 0.1) is 0 Å². The van der Waals surface area contributed by atoms with Gasteiger partial charge in [0, 0.05) is 21.7 Å². The Kier molecular flexibility index (Phi) is 6.94. The number of carbonyl (C=O) groups excluding carboxylic acids is 2. The molecule has 0 saturated heterocycles. The van der Waals surface area contributed by atoms with Gasteiger partial charge in [0.2, 0.25) is 5.91 Å². The van der Waals surface area contributed by atoms with Crippen LogP contribution in [0.4, 0.5) is 11.4 Å². The molecule has 0 aliphatic carbocycles. The predicted octanol–water partition coefficient (Wildman–Crippen LogP) is 5.91. The molecule has 0 spiro atoms. The van der Waals surface area contributed by atoms with Crippen molar-refractivity contribution in [2.75, 3.05) is 10.6 Å². The van der Waals surface area contributed by atoms with Gasteiger partial charge in [-0.15, -0.1) is 11.8 Å². The third-order valence-electron chi connectivity index (χ3n) is 5.24. The Morgan fingerprint density at radius 3 is 2.15 bits per heavy atom. The van der Waals surface area contributed by atoms with Gasteiger partial charge in [0.05, 0.1) is 16.4 Å². The number of benzene rings is 4. The molecule has 34 heavy (non-hydrogen) atoms. The fraction of sp³-hybridized carbons (Fsp3) is 0.0741. The van der Waals surface area contributed by atoms with Crippen LogP contribution in [0.1, 0.15) is 27.6 Å². The van der Waals surface area contributed by atoms with Crippen LogP contribution in [0.5, 0.6) is 0 Å². The first-order valence-corrected chi connectivity index (χ1v) is 11.5. The highest BCUT2D eigenvalue weighted by Gasteiger charge is 2.17. The summed E-state index contributed by atoms with van der Waals surface area (Å²) >= 11 is 1.40. The number of fused-ring (bicyclic) bond motifs is 1. The minimum Gasteiger partial charge on any atom is -0.478 e. The van der Waals surface area contributed by atoms with Gasteiger partial charge in [0.15, 0.2) is 0 Å². The molecule has 0 fully saturated rings. The Hall–Kier alpha value is -4.10. The second-order valence-electron chi connectivity index (χ2n) is 7.61. The van der Waals surface area contributed by atoms with E-state index in [4.69, 9.17) is 0 Å². The lowest BCUT2D eigenvalue weighted by Gasteiger charge is -2.14. The lowest BCUT2D eigenvalue weighted by atomic mass is 10.1. The van der Waals surface area contributed by atoms with E-state index < -0.39 is 11.9 Å². The van der Waals surface area contributed by atoms with Gasteiger partial charge in [-0.3, -0.25) is 9.59 Å². The van der Waals surface area contributed by atoms with Crippen molar-refractivity contribution in [3.05, 3.63) is 102 Å². The van der Waals surface area contributed by atoms with Gasteiger partial charge in [-0.2, -0.15) is 0 Å². The molecule has 0 aromatic heterocycles. The molecule has 170 valence electrons. The zero-order valence-corrected chi connectivity index (χ0v) is 19.1. The zero-order chi connectivity index (χ0) is 24.1. The lowest BCUT2D eigenvalue weighted by Crippen LogP contribution is -2.22. The molecule has 0 saturated carbocycles. The highest BCUT2D eigenvalue weighted by Crippen LogP contribution is 2.28. The second kappa shape index (κ2) is 10.2. The first kappa shape index (κ1) is 23.1. The van der Waals surface area contributed by atoms with Crippen molar-refractivity contribution in [3.63, 3.8) is 0 Å². The molecule has 0 bridgehead atoms. The Balaban J connectivity index is 1.39. The van der Waals surface area contributed by atoms with E-state index in [-0.39, 0.29) is 22.3 Å². The number of hydrogen-bond donors (Lipinski definition) is 3. The van der Waals surface area contributed by atoms with Crippen LogP contribution in [0.3, 0.4) is 0 Å². The van der Waals surface area contributed by atoms with Gasteiger partial charge in [0.1, 0.15) is 0 Å². The van der Waals surface area contributed by atoms with Gasteiger partial charge < -0.3 is 15.7 Å². The molecule has 4 aromatic carbocycles. The Morgan fingerprint density at radius 1 is 0.765 bits per heavy atom. The fourth-order valence-corrected chi connectivity index (χ4v) is 4.38. The summed E-state index contributed by atoms with van der Waals surface area (Å²) < 4.78 is 0. The Labute approximate surface area is 201 Å². The topological polar surface area (TPSA) is 95.5 Å². The zero-order valence-electron chi connectivity index (χ0n) is 18.3. The molecular formula is C27H22N2O4S. The third-order valence-corrected chi connectivity index (χ3v) is 6.36. The molecule has 0 aliphatic heterocycles. The number of thioether (sulfide) groups is 1. The first-order chi connectivity index (χ1) is 16.4. The molecule has 2 amide bonds. The lowest BCUT2D eigenvalue weighted by molar-refractivity contribution is -0.115. The summed E-state index contributed by atoms with van der Waals surface area (Å²) in [5.74, 6) is -1.77. The maximum Gasteiger partial charge on any atom is 0.336 e. The summed E-state index contributed by atoms with van der Waals surface area (Å²) in [6.45, 7) is 1.84. The molecule has 4 rings (SSSR count). The van der Waals surface area contributed by atoms with E-state index in [1.165, 1.54) is 23.9 Å². The van der Waals surface area contributed by atoms with Crippen molar-refractivity contribution >= 4 is 51.7 Å². The number of aromatic carboxylic acids is 1. The normalized spacial score (nSPS) is 11.6. The van der Waals surface area contributed by atoms with Crippen molar-refractivity contribution < 1.29 is 19.5 Å². The van der Waals surface area contributed by atoms with Crippen LogP contribution in [0.15, 0.2) is 95.9 Å². The van der Waals surface area contributed by atoms with Gasteiger partial charge in [-0.1, -0.05) is 48.5 Å². The summed E-state index contributed by atoms with van der Waals surface area (Å²) in [6, 6.07) is 26.8. The van der Waals surface area contributed by atoms with Crippen molar-refractivity contribution in [3.8, 4) is 0 Å². The number of carbonyl (C=O) groups is 3. The van der Waals surface area contributed by atoms with Crippen LogP contribution in [-0.4, -0.2) is 28.1 Å². The number of amides is 2. The van der Waals surface area contributed by atoms with Crippen LogP contribution in [0.2, 0.25) is 0 Å². The highest BCUT2D eigenvalue weighted by molar-refractivity contribution is 8.00. The maximum absolute atomic E-state index is 12.8. The van der Waals surface area contributed by atoms with Gasteiger partial charge in [-0.05, 0) is 54.8 Å². The van der Waals surface area contributed by atoms with Crippen LogP contribution >= 0.6 is 11.8 Å². The third kappa shape index (κ3) is 5.27. The van der Waals surface area contributed by atoms with E-state index in [0.717, 1.165) is 21.4 Å². The molecule has 4 aromatic rings. The van der Waals surface area contributed by atoms with Crippen LogP contribution in [-0.2, 0) is 4.79 Å². The number of hydrogen-bond acceptors (Lipinski definition) is 4. The monoisotopic (exact) mass is 470 g/mol. The summed E-state index contributed by atoms with van der Waals surface area (Å²) in [6.07, 6.45) is 0. The molecule has 0 aliphatic rings. The average Bonchev–Trinajstić information content (AvgIpc) is 2.85. The number of rotatable bonds is 7. The maximum atomic E-state index is 12.8. The number of anilines is 2.